The molecule has 0 radical (unpaired) electrons. The molecule has 3 atom stereocenters. The zero-order valence-corrected chi connectivity index (χ0v) is 14.3. The van der Waals surface area contributed by atoms with E-state index in [0.717, 1.165) is 38.9 Å². The van der Waals surface area contributed by atoms with Crippen LogP contribution in [0.2, 0.25) is 0 Å². The molecule has 0 aromatic rings. The van der Waals surface area contributed by atoms with Gasteiger partial charge in [-0.2, -0.15) is 0 Å². The SMILES string of the molecule is CCCN(C(=O)C(C)N1C(C)CCC1C)C1CCNCC1. The molecule has 4 heteroatoms. The summed E-state index contributed by atoms with van der Waals surface area (Å²) in [5, 5.41) is 3.40. The highest BCUT2D eigenvalue weighted by Gasteiger charge is 2.37. The Morgan fingerprint density at radius 1 is 1.19 bits per heavy atom. The maximum Gasteiger partial charge on any atom is 0.239 e. The van der Waals surface area contributed by atoms with E-state index in [4.69, 9.17) is 0 Å². The molecule has 0 saturated carbocycles. The van der Waals surface area contributed by atoms with Crippen molar-refractivity contribution in [1.82, 2.24) is 15.1 Å². The van der Waals surface area contributed by atoms with Crippen molar-refractivity contribution in [1.29, 1.82) is 0 Å². The van der Waals surface area contributed by atoms with E-state index >= 15 is 0 Å². The average molecular weight is 295 g/mol. The molecule has 2 aliphatic rings. The summed E-state index contributed by atoms with van der Waals surface area (Å²) >= 11 is 0. The molecule has 3 unspecified atom stereocenters. The predicted octanol–water partition coefficient (Wildman–Crippen LogP) is 2.24. The standard InChI is InChI=1S/C17H33N3O/c1-5-12-19(16-8-10-18-11-9-16)17(21)15(4)20-13(2)6-7-14(20)3/h13-16,18H,5-12H2,1-4H3. The Kier molecular flexibility index (Phi) is 6.06. The molecule has 0 aromatic heterocycles. The molecule has 4 nitrogen and oxygen atoms in total. The van der Waals surface area contributed by atoms with Crippen molar-refractivity contribution < 1.29 is 4.79 Å². The minimum Gasteiger partial charge on any atom is -0.338 e. The van der Waals surface area contributed by atoms with Crippen molar-refractivity contribution in [3.8, 4) is 0 Å². The Morgan fingerprint density at radius 2 is 1.76 bits per heavy atom. The van der Waals surface area contributed by atoms with Crippen molar-refractivity contribution in [3.63, 3.8) is 0 Å². The number of hydrogen-bond donors (Lipinski definition) is 1. The van der Waals surface area contributed by atoms with Crippen LogP contribution in [-0.4, -0.2) is 59.5 Å². The van der Waals surface area contributed by atoms with E-state index in [1.54, 1.807) is 0 Å². The number of carbonyl (C=O) groups excluding carboxylic acids is 1. The van der Waals surface area contributed by atoms with Gasteiger partial charge >= 0.3 is 0 Å². The number of rotatable bonds is 5. The van der Waals surface area contributed by atoms with E-state index in [9.17, 15) is 4.79 Å². The van der Waals surface area contributed by atoms with Gasteiger partial charge in [0.15, 0.2) is 0 Å². The molecular formula is C17H33N3O. The molecule has 2 heterocycles. The van der Waals surface area contributed by atoms with Crippen LogP contribution in [0.4, 0.5) is 0 Å². The number of hydrogen-bond acceptors (Lipinski definition) is 3. The summed E-state index contributed by atoms with van der Waals surface area (Å²) in [4.78, 5) is 17.7. The van der Waals surface area contributed by atoms with Crippen LogP contribution < -0.4 is 5.32 Å². The molecule has 122 valence electrons. The molecule has 2 aliphatic heterocycles. The van der Waals surface area contributed by atoms with Crippen molar-refractivity contribution >= 4 is 5.91 Å². The summed E-state index contributed by atoms with van der Waals surface area (Å²) in [6, 6.07) is 1.54. The van der Waals surface area contributed by atoms with E-state index in [1.807, 2.05) is 0 Å². The third-order valence-electron chi connectivity index (χ3n) is 5.32. The first-order chi connectivity index (χ1) is 10.1. The van der Waals surface area contributed by atoms with Crippen molar-refractivity contribution in [2.24, 2.45) is 0 Å². The van der Waals surface area contributed by atoms with Crippen LogP contribution >= 0.6 is 0 Å². The van der Waals surface area contributed by atoms with Crippen LogP contribution in [0.3, 0.4) is 0 Å². The maximum atomic E-state index is 13.1. The fourth-order valence-electron chi connectivity index (χ4n) is 4.18. The number of amides is 1. The van der Waals surface area contributed by atoms with Crippen LogP contribution in [-0.2, 0) is 4.79 Å². The topological polar surface area (TPSA) is 35.6 Å². The molecule has 0 bridgehead atoms. The first kappa shape index (κ1) is 16.8. The Bertz CT molecular complexity index is 331. The van der Waals surface area contributed by atoms with Crippen LogP contribution in [0.5, 0.6) is 0 Å². The summed E-state index contributed by atoms with van der Waals surface area (Å²) in [6.45, 7) is 11.8. The fourth-order valence-corrected chi connectivity index (χ4v) is 4.18. The molecule has 0 spiro atoms. The van der Waals surface area contributed by atoms with Gasteiger partial charge in [0.25, 0.3) is 0 Å². The van der Waals surface area contributed by atoms with E-state index in [0.29, 0.717) is 24.0 Å². The molecule has 2 fully saturated rings. The van der Waals surface area contributed by atoms with Gasteiger partial charge in [0.1, 0.15) is 0 Å². The Morgan fingerprint density at radius 3 is 2.29 bits per heavy atom. The summed E-state index contributed by atoms with van der Waals surface area (Å²) < 4.78 is 0. The van der Waals surface area contributed by atoms with Crippen LogP contribution in [0.1, 0.15) is 59.8 Å². The van der Waals surface area contributed by atoms with Gasteiger partial charge in [-0.15, -0.1) is 0 Å². The molecule has 2 rings (SSSR count). The molecule has 1 amide bonds. The number of likely N-dealkylation sites (tertiary alicyclic amines) is 1. The number of piperidine rings is 1. The molecule has 21 heavy (non-hydrogen) atoms. The van der Waals surface area contributed by atoms with Crippen molar-refractivity contribution in [2.75, 3.05) is 19.6 Å². The van der Waals surface area contributed by atoms with Crippen LogP contribution in [0.25, 0.3) is 0 Å². The largest absolute Gasteiger partial charge is 0.338 e. The van der Waals surface area contributed by atoms with Gasteiger partial charge < -0.3 is 10.2 Å². The summed E-state index contributed by atoms with van der Waals surface area (Å²) in [7, 11) is 0. The minimum atomic E-state index is 0.0268. The minimum absolute atomic E-state index is 0.0268. The fraction of sp³-hybridized carbons (Fsp3) is 0.941. The Balaban J connectivity index is 2.06. The highest BCUT2D eigenvalue weighted by atomic mass is 16.2. The third kappa shape index (κ3) is 3.78. The van der Waals surface area contributed by atoms with Gasteiger partial charge in [0.05, 0.1) is 6.04 Å². The van der Waals surface area contributed by atoms with Crippen molar-refractivity contribution in [2.45, 2.75) is 84.0 Å². The molecule has 2 saturated heterocycles. The molecule has 1 N–H and O–H groups in total. The third-order valence-corrected chi connectivity index (χ3v) is 5.32. The van der Waals surface area contributed by atoms with E-state index in [2.05, 4.69) is 42.8 Å². The number of carbonyl (C=O) groups is 1. The van der Waals surface area contributed by atoms with E-state index in [1.165, 1.54) is 12.8 Å². The van der Waals surface area contributed by atoms with Gasteiger partial charge in [0, 0.05) is 24.7 Å². The van der Waals surface area contributed by atoms with Gasteiger partial charge in [-0.25, -0.2) is 0 Å². The second-order valence-corrected chi connectivity index (χ2v) is 6.91. The lowest BCUT2D eigenvalue weighted by Gasteiger charge is -2.40. The lowest BCUT2D eigenvalue weighted by Crippen LogP contribution is -2.55. The van der Waals surface area contributed by atoms with E-state index < -0.39 is 0 Å². The number of nitrogens with one attached hydrogen (secondary N) is 1. The Hall–Kier alpha value is -0.610. The van der Waals surface area contributed by atoms with Gasteiger partial charge in [-0.05, 0) is 66.0 Å². The average Bonchev–Trinajstić information content (AvgIpc) is 2.83. The zero-order valence-electron chi connectivity index (χ0n) is 14.3. The second-order valence-electron chi connectivity index (χ2n) is 6.91. The normalized spacial score (nSPS) is 29.5. The van der Waals surface area contributed by atoms with Crippen LogP contribution in [0, 0.1) is 0 Å². The Labute approximate surface area is 130 Å². The smallest absolute Gasteiger partial charge is 0.239 e. The summed E-state index contributed by atoms with van der Waals surface area (Å²) in [5.41, 5.74) is 0. The van der Waals surface area contributed by atoms with Gasteiger partial charge in [-0.1, -0.05) is 6.92 Å². The summed E-state index contributed by atoms with van der Waals surface area (Å²) in [6.07, 6.45) is 5.69. The summed E-state index contributed by atoms with van der Waals surface area (Å²) in [5.74, 6) is 0.351. The first-order valence-electron chi connectivity index (χ1n) is 8.84. The zero-order chi connectivity index (χ0) is 15.4. The first-order valence-corrected chi connectivity index (χ1v) is 8.84. The lowest BCUT2D eigenvalue weighted by molar-refractivity contribution is -0.140. The number of nitrogens with zero attached hydrogens (tertiary/aromatic N) is 2. The van der Waals surface area contributed by atoms with Crippen molar-refractivity contribution in [3.05, 3.63) is 0 Å². The second kappa shape index (κ2) is 7.59. The highest BCUT2D eigenvalue weighted by molar-refractivity contribution is 5.82. The van der Waals surface area contributed by atoms with Gasteiger partial charge in [0.2, 0.25) is 5.91 Å². The quantitative estimate of drug-likeness (QED) is 0.845. The van der Waals surface area contributed by atoms with Gasteiger partial charge in [-0.3, -0.25) is 9.69 Å². The molecular weight excluding hydrogens is 262 g/mol. The lowest BCUT2D eigenvalue weighted by atomic mass is 10.0. The molecule has 0 aromatic carbocycles. The predicted molar refractivity (Wildman–Crippen MR) is 87.4 cm³/mol. The maximum absolute atomic E-state index is 13.1. The highest BCUT2D eigenvalue weighted by Crippen LogP contribution is 2.27. The van der Waals surface area contributed by atoms with E-state index in [-0.39, 0.29) is 6.04 Å². The monoisotopic (exact) mass is 295 g/mol. The van der Waals surface area contributed by atoms with Crippen LogP contribution in [0.15, 0.2) is 0 Å². The molecule has 0 aliphatic carbocycles.